The van der Waals surface area contributed by atoms with Crippen LogP contribution in [-0.2, 0) is 21.8 Å². The van der Waals surface area contributed by atoms with Crippen LogP contribution in [0.3, 0.4) is 0 Å². The Bertz CT molecular complexity index is 1020. The fraction of sp³-hybridized carbons (Fsp3) is 0.385. The molecule has 142 valence electrons. The molecule has 0 spiro atoms. The number of esters is 1. The van der Waals surface area contributed by atoms with Crippen molar-refractivity contribution in [2.45, 2.75) is 18.7 Å². The molecule has 0 aromatic carbocycles. The third-order valence-corrected chi connectivity index (χ3v) is 5.77. The zero-order valence-corrected chi connectivity index (χ0v) is 15.9. The number of carbonyl (C=O) groups is 2. The molecular formula is C13H16N4O7S2. The van der Waals surface area contributed by atoms with Crippen molar-refractivity contribution >= 4 is 33.4 Å². The average molecular weight is 404 g/mol. The summed E-state index contributed by atoms with van der Waals surface area (Å²) in [6.07, 6.45) is 0. The van der Waals surface area contributed by atoms with Gasteiger partial charge >= 0.3 is 23.7 Å². The number of hydrogen-bond donors (Lipinski definition) is 1. The first-order valence-electron chi connectivity index (χ1n) is 7.16. The van der Waals surface area contributed by atoms with Crippen LogP contribution in [0, 0.1) is 6.92 Å². The maximum atomic E-state index is 12.6. The molecule has 2 rings (SSSR count). The Balaban J connectivity index is 2.41. The molecule has 0 atom stereocenters. The summed E-state index contributed by atoms with van der Waals surface area (Å²) in [5, 5.41) is 4.95. The number of carbonyl (C=O) groups excluding carboxylic acids is 2. The van der Waals surface area contributed by atoms with Crippen LogP contribution in [0.2, 0.25) is 0 Å². The number of sulfonamides is 1. The van der Waals surface area contributed by atoms with Gasteiger partial charge in [-0.25, -0.2) is 32.1 Å². The fourth-order valence-corrected chi connectivity index (χ4v) is 4.55. The quantitative estimate of drug-likeness (QED) is 0.692. The summed E-state index contributed by atoms with van der Waals surface area (Å²) >= 11 is 1.00. The molecule has 0 unspecified atom stereocenters. The van der Waals surface area contributed by atoms with Crippen LogP contribution in [0.25, 0.3) is 0 Å². The summed E-state index contributed by atoms with van der Waals surface area (Å²) in [5.41, 5.74) is -1.10. The van der Waals surface area contributed by atoms with Crippen molar-refractivity contribution in [3.05, 3.63) is 26.3 Å². The first-order valence-corrected chi connectivity index (χ1v) is 9.52. The first kappa shape index (κ1) is 19.7. The van der Waals surface area contributed by atoms with Gasteiger partial charge in [0.15, 0.2) is 0 Å². The lowest BCUT2D eigenvalue weighted by Gasteiger charge is -2.07. The Morgan fingerprint density at radius 1 is 1.38 bits per heavy atom. The number of methoxy groups -OCH3 is 1. The van der Waals surface area contributed by atoms with E-state index >= 15 is 0 Å². The van der Waals surface area contributed by atoms with Crippen LogP contribution >= 0.6 is 11.3 Å². The summed E-state index contributed by atoms with van der Waals surface area (Å²) < 4.78 is 37.7. The van der Waals surface area contributed by atoms with E-state index in [1.165, 1.54) is 19.4 Å². The van der Waals surface area contributed by atoms with E-state index in [0.29, 0.717) is 4.68 Å². The lowest BCUT2D eigenvalue weighted by Crippen LogP contribution is -2.40. The standard InChI is InChI=1S/C13H16N4O7S2/c1-5-24-12-14-17(13(20)16(12)3)11(19)15-26(21,22)9-7(2)25-6-8(9)10(18)23-4/h6H,5H2,1-4H3,(H,15,19). The van der Waals surface area contributed by atoms with E-state index in [9.17, 15) is 22.8 Å². The Labute approximate surface area is 152 Å². The highest BCUT2D eigenvalue weighted by atomic mass is 32.2. The van der Waals surface area contributed by atoms with Gasteiger partial charge in [0.05, 0.1) is 19.3 Å². The maximum absolute atomic E-state index is 12.6. The minimum atomic E-state index is -4.45. The van der Waals surface area contributed by atoms with Crippen molar-refractivity contribution in [3.8, 4) is 6.01 Å². The van der Waals surface area contributed by atoms with Crippen molar-refractivity contribution in [2.75, 3.05) is 13.7 Å². The second kappa shape index (κ2) is 7.29. The highest BCUT2D eigenvalue weighted by Gasteiger charge is 2.30. The molecule has 0 fully saturated rings. The largest absolute Gasteiger partial charge is 0.465 e. The first-order chi connectivity index (χ1) is 12.1. The molecule has 0 aliphatic rings. The number of thiophene rings is 1. The molecule has 26 heavy (non-hydrogen) atoms. The summed E-state index contributed by atoms with van der Waals surface area (Å²) in [6, 6.07) is -1.45. The lowest BCUT2D eigenvalue weighted by atomic mass is 10.3. The molecule has 2 heterocycles. The molecule has 13 heteroatoms. The maximum Gasteiger partial charge on any atom is 0.360 e. The van der Waals surface area contributed by atoms with Crippen LogP contribution in [0.15, 0.2) is 15.1 Å². The summed E-state index contributed by atoms with van der Waals surface area (Å²) in [4.78, 5) is 35.9. The zero-order valence-electron chi connectivity index (χ0n) is 14.3. The average Bonchev–Trinajstić information content (AvgIpc) is 3.10. The molecular weight excluding hydrogens is 388 g/mol. The molecule has 0 saturated heterocycles. The number of hydrogen-bond acceptors (Lipinski definition) is 9. The Hall–Kier alpha value is -2.67. The number of rotatable bonds is 5. The van der Waals surface area contributed by atoms with Crippen molar-refractivity contribution in [2.24, 2.45) is 7.05 Å². The SMILES string of the molecule is CCOc1nn(C(=O)NS(=O)(=O)c2c(C(=O)OC)csc2C)c(=O)n1C. The third kappa shape index (κ3) is 3.48. The van der Waals surface area contributed by atoms with Gasteiger partial charge in [0.2, 0.25) is 0 Å². The Kier molecular flexibility index (Phi) is 5.51. The van der Waals surface area contributed by atoms with E-state index < -0.39 is 32.6 Å². The van der Waals surface area contributed by atoms with Crippen LogP contribution in [0.1, 0.15) is 22.2 Å². The fourth-order valence-electron chi connectivity index (χ4n) is 2.04. The highest BCUT2D eigenvalue weighted by molar-refractivity contribution is 7.90. The minimum absolute atomic E-state index is 0.146. The monoisotopic (exact) mass is 404 g/mol. The number of amides is 1. The van der Waals surface area contributed by atoms with E-state index in [-0.39, 0.29) is 23.1 Å². The molecule has 1 amide bonds. The number of nitrogens with one attached hydrogen (secondary N) is 1. The Morgan fingerprint density at radius 2 is 2.04 bits per heavy atom. The highest BCUT2D eigenvalue weighted by Crippen LogP contribution is 2.27. The molecule has 0 aliphatic heterocycles. The molecule has 11 nitrogen and oxygen atoms in total. The van der Waals surface area contributed by atoms with Crippen molar-refractivity contribution < 1.29 is 27.5 Å². The van der Waals surface area contributed by atoms with Gasteiger partial charge in [-0.3, -0.25) is 0 Å². The molecule has 2 aromatic rings. The molecule has 0 bridgehead atoms. The van der Waals surface area contributed by atoms with Crippen molar-refractivity contribution in [1.29, 1.82) is 0 Å². The topological polar surface area (TPSA) is 139 Å². The second-order valence-electron chi connectivity index (χ2n) is 4.91. The van der Waals surface area contributed by atoms with Gasteiger partial charge in [-0.05, 0) is 13.8 Å². The molecule has 0 aliphatic carbocycles. The summed E-state index contributed by atoms with van der Waals surface area (Å²) in [6.45, 7) is 3.32. The van der Waals surface area contributed by atoms with E-state index in [4.69, 9.17) is 4.74 Å². The molecule has 2 aromatic heterocycles. The second-order valence-corrected chi connectivity index (χ2v) is 7.61. The molecule has 0 saturated carbocycles. The summed E-state index contributed by atoms with van der Waals surface area (Å²) in [7, 11) is -2.03. The van der Waals surface area contributed by atoms with E-state index in [1.807, 2.05) is 0 Å². The van der Waals surface area contributed by atoms with Crippen LogP contribution in [0.5, 0.6) is 6.01 Å². The van der Waals surface area contributed by atoms with Crippen LogP contribution in [0.4, 0.5) is 4.79 Å². The van der Waals surface area contributed by atoms with Crippen molar-refractivity contribution in [1.82, 2.24) is 19.1 Å². The smallest absolute Gasteiger partial charge is 0.360 e. The van der Waals surface area contributed by atoms with E-state index in [1.54, 1.807) is 11.6 Å². The lowest BCUT2D eigenvalue weighted by molar-refractivity contribution is 0.0597. The summed E-state index contributed by atoms with van der Waals surface area (Å²) in [5.74, 6) is -0.865. The Morgan fingerprint density at radius 3 is 2.62 bits per heavy atom. The van der Waals surface area contributed by atoms with Gasteiger partial charge in [0, 0.05) is 17.3 Å². The van der Waals surface area contributed by atoms with Gasteiger partial charge in [0.25, 0.3) is 10.0 Å². The number of nitrogens with zero attached hydrogens (tertiary/aromatic N) is 3. The van der Waals surface area contributed by atoms with E-state index in [0.717, 1.165) is 23.0 Å². The molecule has 1 N–H and O–H groups in total. The van der Waals surface area contributed by atoms with Gasteiger partial charge in [-0.1, -0.05) is 0 Å². The number of ether oxygens (including phenoxy) is 2. The minimum Gasteiger partial charge on any atom is -0.465 e. The number of aryl methyl sites for hydroxylation is 1. The predicted molar refractivity (Wildman–Crippen MR) is 90.1 cm³/mol. The van der Waals surface area contributed by atoms with Gasteiger partial charge in [-0.15, -0.1) is 21.1 Å². The zero-order chi connectivity index (χ0) is 19.6. The van der Waals surface area contributed by atoms with Crippen LogP contribution < -0.4 is 15.1 Å². The van der Waals surface area contributed by atoms with Crippen LogP contribution in [-0.4, -0.2) is 48.5 Å². The predicted octanol–water partition coefficient (Wildman–Crippen LogP) is 0.0836. The third-order valence-electron chi connectivity index (χ3n) is 3.22. The van der Waals surface area contributed by atoms with Gasteiger partial charge in [0.1, 0.15) is 4.90 Å². The van der Waals surface area contributed by atoms with Crippen molar-refractivity contribution in [3.63, 3.8) is 0 Å². The van der Waals surface area contributed by atoms with E-state index in [2.05, 4.69) is 9.84 Å². The van der Waals surface area contributed by atoms with Gasteiger partial charge in [-0.2, -0.15) is 0 Å². The van der Waals surface area contributed by atoms with Gasteiger partial charge < -0.3 is 9.47 Å². The number of aromatic nitrogens is 3. The normalized spacial score (nSPS) is 11.2. The molecule has 0 radical (unpaired) electrons.